The second-order valence-electron chi connectivity index (χ2n) is 5.92. The first-order chi connectivity index (χ1) is 14.0. The number of hydrogen-bond donors (Lipinski definition) is 1. The zero-order valence-electron chi connectivity index (χ0n) is 15.3. The van der Waals surface area contributed by atoms with E-state index in [-0.39, 0.29) is 10.8 Å². The highest BCUT2D eigenvalue weighted by Crippen LogP contribution is 2.37. The van der Waals surface area contributed by atoms with Gasteiger partial charge in [0.05, 0.1) is 21.2 Å². The van der Waals surface area contributed by atoms with Gasteiger partial charge in [-0.15, -0.1) is 0 Å². The number of benzene rings is 2. The molecule has 0 saturated heterocycles. The molecule has 0 aliphatic carbocycles. The van der Waals surface area contributed by atoms with Gasteiger partial charge in [-0.25, -0.2) is 4.79 Å². The van der Waals surface area contributed by atoms with Gasteiger partial charge in [-0.05, 0) is 30.7 Å². The fraction of sp³-hybridized carbons (Fsp3) is 0.222. The number of alkyl halides is 3. The minimum atomic E-state index is -4.95. The monoisotopic (exact) mass is 446 g/mol. The van der Waals surface area contributed by atoms with Gasteiger partial charge in [-0.1, -0.05) is 17.7 Å². The highest BCUT2D eigenvalue weighted by molar-refractivity contribution is 6.32. The second kappa shape index (κ2) is 9.44. The van der Waals surface area contributed by atoms with Gasteiger partial charge in [-0.3, -0.25) is 14.9 Å². The lowest BCUT2D eigenvalue weighted by atomic mass is 10.1. The van der Waals surface area contributed by atoms with E-state index in [4.69, 9.17) is 16.3 Å². The van der Waals surface area contributed by atoms with Crippen molar-refractivity contribution in [3.8, 4) is 5.75 Å². The highest BCUT2D eigenvalue weighted by Gasteiger charge is 2.35. The Bertz CT molecular complexity index is 981. The quantitative estimate of drug-likeness (QED) is 0.389. The van der Waals surface area contributed by atoms with Crippen molar-refractivity contribution >= 4 is 34.9 Å². The third-order valence-electron chi connectivity index (χ3n) is 3.59. The van der Waals surface area contributed by atoms with Crippen molar-refractivity contribution < 1.29 is 37.2 Å². The van der Waals surface area contributed by atoms with Crippen molar-refractivity contribution in [1.29, 1.82) is 0 Å². The van der Waals surface area contributed by atoms with Crippen molar-refractivity contribution in [2.75, 3.05) is 18.5 Å². The summed E-state index contributed by atoms with van der Waals surface area (Å²) in [5.41, 5.74) is -2.09. The third kappa shape index (κ3) is 6.34. The minimum Gasteiger partial charge on any atom is -0.480 e. The number of nitrogens with zero attached hydrogens (tertiary/aromatic N) is 1. The largest absolute Gasteiger partial charge is 0.480 e. The SMILES string of the molecule is Cc1ccc(Cl)c(OCC(=O)OCC(=O)Nc2ccc([N+](=O)[O-])cc2C(F)(F)F)c1. The van der Waals surface area contributed by atoms with Crippen LogP contribution in [0.1, 0.15) is 11.1 Å². The average Bonchev–Trinajstić information content (AvgIpc) is 2.66. The Kier molecular flexibility index (Phi) is 7.22. The van der Waals surface area contributed by atoms with Crippen LogP contribution in [0.5, 0.6) is 5.75 Å². The summed E-state index contributed by atoms with van der Waals surface area (Å²) in [4.78, 5) is 33.2. The number of non-ortho nitro benzene ring substituents is 1. The van der Waals surface area contributed by atoms with E-state index < -0.39 is 53.1 Å². The first-order valence-corrected chi connectivity index (χ1v) is 8.55. The van der Waals surface area contributed by atoms with E-state index in [1.807, 2.05) is 5.32 Å². The van der Waals surface area contributed by atoms with Gasteiger partial charge in [0.2, 0.25) is 0 Å². The molecule has 2 aromatic rings. The number of nitrogens with one attached hydrogen (secondary N) is 1. The molecule has 8 nitrogen and oxygen atoms in total. The number of rotatable bonds is 7. The lowest BCUT2D eigenvalue weighted by Gasteiger charge is -2.14. The zero-order valence-corrected chi connectivity index (χ0v) is 16.0. The number of hydrogen-bond acceptors (Lipinski definition) is 6. The van der Waals surface area contributed by atoms with Gasteiger partial charge >= 0.3 is 12.1 Å². The molecule has 1 amide bonds. The molecule has 0 spiro atoms. The molecule has 0 aliphatic heterocycles. The summed E-state index contributed by atoms with van der Waals surface area (Å²) in [6.07, 6.45) is -4.95. The normalized spacial score (nSPS) is 11.0. The average molecular weight is 447 g/mol. The van der Waals surface area contributed by atoms with Gasteiger partial charge in [0.1, 0.15) is 5.75 Å². The first-order valence-electron chi connectivity index (χ1n) is 8.17. The summed E-state index contributed by atoms with van der Waals surface area (Å²) in [6, 6.07) is 6.70. The number of nitro groups is 1. The van der Waals surface area contributed by atoms with Crippen LogP contribution < -0.4 is 10.1 Å². The fourth-order valence-electron chi connectivity index (χ4n) is 2.22. The van der Waals surface area contributed by atoms with E-state index in [9.17, 15) is 32.9 Å². The van der Waals surface area contributed by atoms with Crippen molar-refractivity contribution in [3.63, 3.8) is 0 Å². The van der Waals surface area contributed by atoms with Crippen LogP contribution in [0, 0.1) is 17.0 Å². The summed E-state index contributed by atoms with van der Waals surface area (Å²) in [5.74, 6) is -1.81. The molecule has 30 heavy (non-hydrogen) atoms. The Labute approximate surface area is 172 Å². The smallest absolute Gasteiger partial charge is 0.418 e. The molecule has 0 bridgehead atoms. The van der Waals surface area contributed by atoms with Crippen LogP contribution in [0.3, 0.4) is 0 Å². The molecule has 12 heteroatoms. The van der Waals surface area contributed by atoms with Crippen LogP contribution in [-0.4, -0.2) is 30.0 Å². The van der Waals surface area contributed by atoms with Crippen LogP contribution in [0.4, 0.5) is 24.5 Å². The van der Waals surface area contributed by atoms with E-state index in [1.54, 1.807) is 25.1 Å². The van der Waals surface area contributed by atoms with Crippen LogP contribution in [0.15, 0.2) is 36.4 Å². The topological polar surface area (TPSA) is 108 Å². The Morgan fingerprint density at radius 2 is 1.87 bits per heavy atom. The summed E-state index contributed by atoms with van der Waals surface area (Å²) in [6.45, 7) is 0.305. The Balaban J connectivity index is 1.95. The molecule has 0 heterocycles. The van der Waals surface area contributed by atoms with Crippen molar-refractivity contribution in [2.24, 2.45) is 0 Å². The molecule has 0 aromatic heterocycles. The van der Waals surface area contributed by atoms with E-state index in [2.05, 4.69) is 4.74 Å². The number of ether oxygens (including phenoxy) is 2. The third-order valence-corrected chi connectivity index (χ3v) is 3.90. The predicted molar refractivity (Wildman–Crippen MR) is 99.4 cm³/mol. The minimum absolute atomic E-state index is 0.221. The summed E-state index contributed by atoms with van der Waals surface area (Å²) < 4.78 is 49.1. The van der Waals surface area contributed by atoms with Gasteiger partial charge in [0.25, 0.3) is 11.6 Å². The lowest BCUT2D eigenvalue weighted by molar-refractivity contribution is -0.385. The standard InChI is InChI=1S/C18H14ClF3N2O6/c1-10-2-4-13(19)15(6-10)29-9-17(26)30-8-16(25)23-14-5-3-11(24(27)28)7-12(14)18(20,21)22/h2-7H,8-9H2,1H3,(H,23,25). The molecule has 160 valence electrons. The van der Waals surface area contributed by atoms with Crippen molar-refractivity contribution in [2.45, 2.75) is 13.1 Å². The summed E-state index contributed by atoms with van der Waals surface area (Å²) >= 11 is 5.90. The van der Waals surface area contributed by atoms with E-state index >= 15 is 0 Å². The molecule has 2 aromatic carbocycles. The van der Waals surface area contributed by atoms with E-state index in [0.717, 1.165) is 17.7 Å². The van der Waals surface area contributed by atoms with Crippen molar-refractivity contribution in [1.82, 2.24) is 0 Å². The molecule has 0 fully saturated rings. The number of nitro benzene ring substituents is 1. The number of esters is 1. The number of halogens is 4. The maximum absolute atomic E-state index is 13.1. The first kappa shape index (κ1) is 22.9. The number of carbonyl (C=O) groups is 2. The number of anilines is 1. The fourth-order valence-corrected chi connectivity index (χ4v) is 2.39. The molecular formula is C18H14ClF3N2O6. The van der Waals surface area contributed by atoms with Crippen LogP contribution in [0.25, 0.3) is 0 Å². The highest BCUT2D eigenvalue weighted by atomic mass is 35.5. The van der Waals surface area contributed by atoms with Crippen LogP contribution in [-0.2, 0) is 20.5 Å². The number of amides is 1. The molecule has 1 N–H and O–H groups in total. The maximum atomic E-state index is 13.1. The molecule has 0 unspecified atom stereocenters. The summed E-state index contributed by atoms with van der Waals surface area (Å²) in [5, 5.41) is 12.8. The zero-order chi connectivity index (χ0) is 22.5. The van der Waals surface area contributed by atoms with Crippen molar-refractivity contribution in [3.05, 3.63) is 62.7 Å². The molecule has 0 saturated carbocycles. The van der Waals surface area contributed by atoms with Crippen LogP contribution in [0.2, 0.25) is 5.02 Å². The second-order valence-corrected chi connectivity index (χ2v) is 6.32. The number of aryl methyl sites for hydroxylation is 1. The predicted octanol–water partition coefficient (Wildman–Crippen LogP) is 4.14. The van der Waals surface area contributed by atoms with Gasteiger partial charge < -0.3 is 14.8 Å². The Hall–Kier alpha value is -3.34. The van der Waals surface area contributed by atoms with E-state index in [0.29, 0.717) is 6.07 Å². The Morgan fingerprint density at radius 1 is 1.17 bits per heavy atom. The Morgan fingerprint density at radius 3 is 2.50 bits per heavy atom. The molecule has 0 radical (unpaired) electrons. The lowest BCUT2D eigenvalue weighted by Crippen LogP contribution is -2.25. The van der Waals surface area contributed by atoms with E-state index in [1.165, 1.54) is 0 Å². The van der Waals surface area contributed by atoms with Gasteiger partial charge in [-0.2, -0.15) is 13.2 Å². The van der Waals surface area contributed by atoms with Gasteiger partial charge in [0, 0.05) is 12.1 Å². The number of carbonyl (C=O) groups excluding carboxylic acids is 2. The molecule has 0 aliphatic rings. The maximum Gasteiger partial charge on any atom is 0.418 e. The molecule has 2 rings (SSSR count). The molecular weight excluding hydrogens is 433 g/mol. The summed E-state index contributed by atoms with van der Waals surface area (Å²) in [7, 11) is 0. The van der Waals surface area contributed by atoms with Crippen LogP contribution >= 0.6 is 11.6 Å². The molecule has 0 atom stereocenters. The van der Waals surface area contributed by atoms with Gasteiger partial charge in [0.15, 0.2) is 13.2 Å².